The molecule has 0 radical (unpaired) electrons. The van der Waals surface area contributed by atoms with Crippen molar-refractivity contribution < 1.29 is 0 Å². The van der Waals surface area contributed by atoms with Crippen LogP contribution in [0.25, 0.3) is 0 Å². The second kappa shape index (κ2) is 5.61. The van der Waals surface area contributed by atoms with Crippen molar-refractivity contribution in [1.82, 2.24) is 24.7 Å². The predicted octanol–water partition coefficient (Wildman–Crippen LogP) is 0.553. The molecule has 2 saturated heterocycles. The molecule has 0 aliphatic carbocycles. The second-order valence-corrected chi connectivity index (χ2v) is 6.02. The largest absolute Gasteiger partial charge is 0.331 e. The second-order valence-electron chi connectivity index (χ2n) is 6.02. The summed E-state index contributed by atoms with van der Waals surface area (Å²) in [7, 11) is 0. The lowest BCUT2D eigenvalue weighted by Gasteiger charge is -2.46. The highest BCUT2D eigenvalue weighted by Gasteiger charge is 2.32. The molecular formula is C14H25N5. The first kappa shape index (κ1) is 13.1. The molecule has 5 nitrogen and oxygen atoms in total. The Hall–Kier alpha value is -0.910. The maximum atomic E-state index is 4.28. The molecule has 0 saturated carbocycles. The number of hydrogen-bond donors (Lipinski definition) is 1. The highest BCUT2D eigenvalue weighted by atomic mass is 15.3. The number of nitrogens with zero attached hydrogens (tertiary/aromatic N) is 4. The lowest BCUT2D eigenvalue weighted by atomic mass is 10.1. The third-order valence-corrected chi connectivity index (χ3v) is 4.29. The first-order chi connectivity index (χ1) is 9.24. The van der Waals surface area contributed by atoms with Crippen molar-refractivity contribution in [2.45, 2.75) is 32.5 Å². The molecule has 0 atom stereocenters. The molecule has 1 aromatic heterocycles. The number of likely N-dealkylation sites (tertiary alicyclic amines) is 1. The Morgan fingerprint density at radius 2 is 2.05 bits per heavy atom. The fraction of sp³-hybridized carbons (Fsp3) is 0.786. The van der Waals surface area contributed by atoms with Crippen molar-refractivity contribution in [3.8, 4) is 0 Å². The molecule has 0 aromatic carbocycles. The van der Waals surface area contributed by atoms with Gasteiger partial charge in [0.15, 0.2) is 0 Å². The Balaban J connectivity index is 1.49. The summed E-state index contributed by atoms with van der Waals surface area (Å²) in [5.41, 5.74) is 1.34. The zero-order valence-electron chi connectivity index (χ0n) is 12.0. The van der Waals surface area contributed by atoms with Gasteiger partial charge in [0.2, 0.25) is 0 Å². The summed E-state index contributed by atoms with van der Waals surface area (Å²) < 4.78 is 2.28. The summed E-state index contributed by atoms with van der Waals surface area (Å²) >= 11 is 0. The molecule has 2 aliphatic rings. The smallest absolute Gasteiger partial charge is 0.0951 e. The Morgan fingerprint density at radius 3 is 2.74 bits per heavy atom. The van der Waals surface area contributed by atoms with Crippen LogP contribution in [0.4, 0.5) is 0 Å². The van der Waals surface area contributed by atoms with Crippen LogP contribution in [0.2, 0.25) is 0 Å². The van der Waals surface area contributed by atoms with Gasteiger partial charge in [-0.2, -0.15) is 0 Å². The minimum absolute atomic E-state index is 0.503. The third-order valence-electron chi connectivity index (χ3n) is 4.29. The molecule has 5 heteroatoms. The lowest BCUT2D eigenvalue weighted by molar-refractivity contribution is 0.0208. The van der Waals surface area contributed by atoms with Crippen LogP contribution < -0.4 is 5.32 Å². The standard InChI is InChI=1S/C14H25N5/c1-12(2)19-11-16-7-13(19)8-17-9-14(10-17)18-5-3-15-4-6-18/h7,11-12,14-15H,3-6,8-10H2,1-2H3. The summed E-state index contributed by atoms with van der Waals surface area (Å²) in [5.74, 6) is 0. The van der Waals surface area contributed by atoms with E-state index in [1.807, 2.05) is 12.5 Å². The minimum Gasteiger partial charge on any atom is -0.331 e. The molecule has 3 heterocycles. The molecule has 2 aliphatic heterocycles. The molecule has 1 N–H and O–H groups in total. The molecule has 3 rings (SSSR count). The van der Waals surface area contributed by atoms with Gasteiger partial charge in [-0.15, -0.1) is 0 Å². The molecule has 19 heavy (non-hydrogen) atoms. The molecule has 0 bridgehead atoms. The number of piperazine rings is 1. The van der Waals surface area contributed by atoms with Crippen LogP contribution in [-0.4, -0.2) is 64.7 Å². The summed E-state index contributed by atoms with van der Waals surface area (Å²) in [6.07, 6.45) is 3.96. The molecule has 1 aromatic rings. The molecular weight excluding hydrogens is 238 g/mol. The number of nitrogens with one attached hydrogen (secondary N) is 1. The van der Waals surface area contributed by atoms with Gasteiger partial charge in [-0.25, -0.2) is 4.98 Å². The molecule has 106 valence electrons. The Kier molecular flexibility index (Phi) is 3.86. The Labute approximate surface area is 115 Å². The van der Waals surface area contributed by atoms with Crippen molar-refractivity contribution in [1.29, 1.82) is 0 Å². The molecule has 2 fully saturated rings. The first-order valence-electron chi connectivity index (χ1n) is 7.42. The summed E-state index contributed by atoms with van der Waals surface area (Å²) in [5, 5.41) is 3.42. The molecule has 0 unspecified atom stereocenters. The van der Waals surface area contributed by atoms with Crippen LogP contribution in [0.3, 0.4) is 0 Å². The fourth-order valence-electron chi connectivity index (χ4n) is 3.10. The van der Waals surface area contributed by atoms with Crippen molar-refractivity contribution >= 4 is 0 Å². The van der Waals surface area contributed by atoms with Crippen molar-refractivity contribution in [3.05, 3.63) is 18.2 Å². The monoisotopic (exact) mass is 263 g/mol. The van der Waals surface area contributed by atoms with Gasteiger partial charge in [-0.1, -0.05) is 0 Å². The number of hydrogen-bond acceptors (Lipinski definition) is 4. The van der Waals surface area contributed by atoms with E-state index in [1.165, 1.54) is 31.9 Å². The Morgan fingerprint density at radius 1 is 1.32 bits per heavy atom. The van der Waals surface area contributed by atoms with Gasteiger partial charge in [0.25, 0.3) is 0 Å². The SMILES string of the molecule is CC(C)n1cncc1CN1CC(N2CCNCC2)C1. The fourth-order valence-corrected chi connectivity index (χ4v) is 3.10. The maximum absolute atomic E-state index is 4.28. The predicted molar refractivity (Wildman–Crippen MR) is 76.1 cm³/mol. The summed E-state index contributed by atoms with van der Waals surface area (Å²) in [6.45, 7) is 12.6. The average Bonchev–Trinajstić information content (AvgIpc) is 2.82. The van der Waals surface area contributed by atoms with Crippen molar-refractivity contribution in [2.75, 3.05) is 39.3 Å². The van der Waals surface area contributed by atoms with E-state index in [9.17, 15) is 0 Å². The van der Waals surface area contributed by atoms with E-state index < -0.39 is 0 Å². The number of imidazole rings is 1. The van der Waals surface area contributed by atoms with Crippen LogP contribution in [0, 0.1) is 0 Å². The highest BCUT2D eigenvalue weighted by Crippen LogP contribution is 2.19. The number of aromatic nitrogens is 2. The zero-order valence-corrected chi connectivity index (χ0v) is 12.0. The van der Waals surface area contributed by atoms with Crippen LogP contribution in [-0.2, 0) is 6.54 Å². The third kappa shape index (κ3) is 2.83. The van der Waals surface area contributed by atoms with E-state index >= 15 is 0 Å². The average molecular weight is 263 g/mol. The van der Waals surface area contributed by atoms with Gasteiger partial charge in [0.1, 0.15) is 0 Å². The van der Waals surface area contributed by atoms with Crippen LogP contribution >= 0.6 is 0 Å². The van der Waals surface area contributed by atoms with Gasteiger partial charge >= 0.3 is 0 Å². The molecule has 0 spiro atoms. The van der Waals surface area contributed by atoms with Crippen molar-refractivity contribution in [3.63, 3.8) is 0 Å². The van der Waals surface area contributed by atoms with Gasteiger partial charge in [-0.3, -0.25) is 9.80 Å². The quantitative estimate of drug-likeness (QED) is 0.861. The normalized spacial score (nSPS) is 22.9. The van der Waals surface area contributed by atoms with Crippen molar-refractivity contribution in [2.24, 2.45) is 0 Å². The molecule has 0 amide bonds. The van der Waals surface area contributed by atoms with E-state index in [4.69, 9.17) is 0 Å². The van der Waals surface area contributed by atoms with E-state index in [-0.39, 0.29) is 0 Å². The Bertz CT molecular complexity index is 402. The number of rotatable bonds is 4. The van der Waals surface area contributed by atoms with Gasteiger partial charge in [0, 0.05) is 64.1 Å². The van der Waals surface area contributed by atoms with E-state index in [0.717, 1.165) is 25.7 Å². The summed E-state index contributed by atoms with van der Waals surface area (Å²) in [4.78, 5) is 9.44. The van der Waals surface area contributed by atoms with Crippen LogP contribution in [0.5, 0.6) is 0 Å². The van der Waals surface area contributed by atoms with E-state index in [2.05, 4.69) is 38.5 Å². The maximum Gasteiger partial charge on any atom is 0.0951 e. The lowest BCUT2D eigenvalue weighted by Crippen LogP contribution is -2.62. The van der Waals surface area contributed by atoms with E-state index in [0.29, 0.717) is 6.04 Å². The zero-order chi connectivity index (χ0) is 13.2. The van der Waals surface area contributed by atoms with Gasteiger partial charge in [0.05, 0.1) is 12.0 Å². The van der Waals surface area contributed by atoms with Gasteiger partial charge in [-0.05, 0) is 13.8 Å². The van der Waals surface area contributed by atoms with E-state index in [1.54, 1.807) is 0 Å². The van der Waals surface area contributed by atoms with Crippen LogP contribution in [0.1, 0.15) is 25.6 Å². The summed E-state index contributed by atoms with van der Waals surface area (Å²) in [6, 6.07) is 1.28. The minimum atomic E-state index is 0.503. The topological polar surface area (TPSA) is 36.3 Å². The first-order valence-corrected chi connectivity index (χ1v) is 7.42. The highest BCUT2D eigenvalue weighted by molar-refractivity contribution is 5.02. The van der Waals surface area contributed by atoms with Crippen LogP contribution in [0.15, 0.2) is 12.5 Å². The van der Waals surface area contributed by atoms with Gasteiger partial charge < -0.3 is 9.88 Å².